The zero-order valence-electron chi connectivity index (χ0n) is 8.35. The minimum Gasteiger partial charge on any atom is -0.744 e. The summed E-state index contributed by atoms with van der Waals surface area (Å²) in [5, 5.41) is 19.1. The first-order chi connectivity index (χ1) is 7.81. The van der Waals surface area contributed by atoms with Crippen LogP contribution in [-0.4, -0.2) is 25.0 Å². The highest BCUT2D eigenvalue weighted by Crippen LogP contribution is 2.36. The highest BCUT2D eigenvalue weighted by molar-refractivity contribution is 7.85. The molecule has 0 aromatic heterocycles. The van der Waals surface area contributed by atoms with Gasteiger partial charge in [-0.25, -0.2) is 8.42 Å². The lowest BCUT2D eigenvalue weighted by Gasteiger charge is -2.07. The standard InChI is InChI=1S/C7H5N3O6S/c1-16-6-3-5(10(11)12)7(17(13,14)15)2-4(6)9-8/h2-3H,1H3. The van der Waals surface area contributed by atoms with Crippen molar-refractivity contribution in [1.29, 1.82) is 5.39 Å². The Morgan fingerprint density at radius 3 is 2.41 bits per heavy atom. The van der Waals surface area contributed by atoms with E-state index in [-0.39, 0.29) is 5.75 Å². The molecular weight excluding hydrogens is 254 g/mol. The van der Waals surface area contributed by atoms with Gasteiger partial charge in [0.15, 0.2) is 4.98 Å². The third kappa shape index (κ3) is 2.47. The first-order valence-corrected chi connectivity index (χ1v) is 5.39. The van der Waals surface area contributed by atoms with E-state index in [4.69, 9.17) is 5.39 Å². The van der Waals surface area contributed by atoms with Gasteiger partial charge < -0.3 is 9.29 Å². The van der Waals surface area contributed by atoms with Gasteiger partial charge in [-0.15, -0.1) is 0 Å². The molecule has 1 rings (SSSR count). The maximum atomic E-state index is 10.8. The van der Waals surface area contributed by atoms with Crippen LogP contribution in [0, 0.1) is 15.5 Å². The summed E-state index contributed by atoms with van der Waals surface area (Å²) < 4.78 is 37.0. The summed E-state index contributed by atoms with van der Waals surface area (Å²) in [4.78, 5) is 11.1. The van der Waals surface area contributed by atoms with Crippen LogP contribution in [0.1, 0.15) is 0 Å². The van der Waals surface area contributed by atoms with E-state index in [1.165, 1.54) is 0 Å². The molecule has 0 fully saturated rings. The quantitative estimate of drug-likeness (QED) is 0.341. The predicted molar refractivity (Wildman–Crippen MR) is 52.4 cm³/mol. The largest absolute Gasteiger partial charge is 0.744 e. The summed E-state index contributed by atoms with van der Waals surface area (Å²) >= 11 is 0. The minimum absolute atomic E-state index is 0.230. The molecule has 0 bridgehead atoms. The van der Waals surface area contributed by atoms with E-state index in [0.717, 1.165) is 7.11 Å². The molecule has 0 aliphatic heterocycles. The van der Waals surface area contributed by atoms with Gasteiger partial charge in [0.2, 0.25) is 11.1 Å². The van der Waals surface area contributed by atoms with Crippen LogP contribution in [-0.2, 0) is 10.1 Å². The van der Waals surface area contributed by atoms with Gasteiger partial charge in [-0.1, -0.05) is 0 Å². The second kappa shape index (κ2) is 4.32. The van der Waals surface area contributed by atoms with Crippen LogP contribution in [0.3, 0.4) is 0 Å². The predicted octanol–water partition coefficient (Wildman–Crippen LogP) is 0.992. The summed E-state index contributed by atoms with van der Waals surface area (Å²) in [6.07, 6.45) is 0. The van der Waals surface area contributed by atoms with Gasteiger partial charge in [0.25, 0.3) is 5.69 Å². The van der Waals surface area contributed by atoms with Crippen LogP contribution in [0.25, 0.3) is 4.98 Å². The first-order valence-electron chi connectivity index (χ1n) is 3.98. The molecule has 0 radical (unpaired) electrons. The van der Waals surface area contributed by atoms with Crippen molar-refractivity contribution in [2.45, 2.75) is 4.90 Å². The summed E-state index contributed by atoms with van der Waals surface area (Å²) in [7, 11) is -3.92. The molecular formula is C7H5N3O6S. The molecule has 0 saturated carbocycles. The zero-order valence-corrected chi connectivity index (χ0v) is 9.17. The van der Waals surface area contributed by atoms with Crippen LogP contribution in [0.4, 0.5) is 11.4 Å². The van der Waals surface area contributed by atoms with Crippen LogP contribution in [0.2, 0.25) is 0 Å². The van der Waals surface area contributed by atoms with Crippen molar-refractivity contribution in [2.75, 3.05) is 7.11 Å². The van der Waals surface area contributed by atoms with Crippen molar-refractivity contribution < 1.29 is 22.6 Å². The summed E-state index contributed by atoms with van der Waals surface area (Å²) in [5.74, 6) is -0.230. The number of rotatable bonds is 3. The molecule has 0 saturated heterocycles. The Kier molecular flexibility index (Phi) is 3.26. The Bertz CT molecular complexity index is 617. The van der Waals surface area contributed by atoms with Crippen molar-refractivity contribution in [3.63, 3.8) is 0 Å². The van der Waals surface area contributed by atoms with Crippen molar-refractivity contribution in [3.05, 3.63) is 27.2 Å². The lowest BCUT2D eigenvalue weighted by Crippen LogP contribution is -2.04. The normalized spacial score (nSPS) is 10.6. The molecule has 0 atom stereocenters. The molecule has 10 heteroatoms. The molecule has 0 heterocycles. The monoisotopic (exact) mass is 259 g/mol. The fourth-order valence-electron chi connectivity index (χ4n) is 1.12. The van der Waals surface area contributed by atoms with Crippen molar-refractivity contribution >= 4 is 21.5 Å². The topological polar surface area (TPSA) is 138 Å². The molecule has 9 nitrogen and oxygen atoms in total. The van der Waals surface area contributed by atoms with E-state index in [9.17, 15) is 23.1 Å². The highest BCUT2D eigenvalue weighted by Gasteiger charge is 2.28. The fourth-order valence-corrected chi connectivity index (χ4v) is 1.77. The van der Waals surface area contributed by atoms with E-state index in [2.05, 4.69) is 9.71 Å². The van der Waals surface area contributed by atoms with Crippen molar-refractivity contribution in [2.24, 2.45) is 0 Å². The van der Waals surface area contributed by atoms with Gasteiger partial charge in [0.1, 0.15) is 15.0 Å². The maximum Gasteiger partial charge on any atom is 0.428 e. The third-order valence-corrected chi connectivity index (χ3v) is 2.70. The Morgan fingerprint density at radius 1 is 1.47 bits per heavy atom. The zero-order chi connectivity index (χ0) is 13.2. The number of ether oxygens (including phenoxy) is 1. The molecule has 90 valence electrons. The van der Waals surface area contributed by atoms with E-state index in [1.807, 2.05) is 0 Å². The van der Waals surface area contributed by atoms with Gasteiger partial charge in [0, 0.05) is 0 Å². The third-order valence-electron chi connectivity index (χ3n) is 1.83. The number of benzene rings is 1. The summed E-state index contributed by atoms with van der Waals surface area (Å²) in [6.45, 7) is 0. The van der Waals surface area contributed by atoms with Gasteiger partial charge in [-0.05, 0) is 0 Å². The average molecular weight is 259 g/mol. The smallest absolute Gasteiger partial charge is 0.428 e. The lowest BCUT2D eigenvalue weighted by molar-refractivity contribution is -0.387. The Morgan fingerprint density at radius 2 is 2.06 bits per heavy atom. The molecule has 0 aliphatic rings. The number of nitro groups is 1. The molecule has 0 aliphatic carbocycles. The molecule has 1 aromatic carbocycles. The number of hydrogen-bond acceptors (Lipinski definition) is 7. The van der Waals surface area contributed by atoms with Crippen LogP contribution in [0.5, 0.6) is 5.75 Å². The average Bonchev–Trinajstić information content (AvgIpc) is 2.25. The highest BCUT2D eigenvalue weighted by atomic mass is 32.2. The molecule has 17 heavy (non-hydrogen) atoms. The molecule has 0 unspecified atom stereocenters. The van der Waals surface area contributed by atoms with E-state index in [1.54, 1.807) is 0 Å². The Hall–Kier alpha value is -2.25. The van der Waals surface area contributed by atoms with Gasteiger partial charge in [-0.3, -0.25) is 10.1 Å². The summed E-state index contributed by atoms with van der Waals surface area (Å²) in [5.41, 5.74) is -1.34. The fraction of sp³-hybridized carbons (Fsp3) is 0.143. The molecule has 0 spiro atoms. The number of hydrogen-bond donors (Lipinski definition) is 0. The number of nitrogens with zero attached hydrogens (tertiary/aromatic N) is 3. The lowest BCUT2D eigenvalue weighted by atomic mass is 10.2. The second-order valence-corrected chi connectivity index (χ2v) is 4.15. The minimum atomic E-state index is -5.05. The molecule has 0 amide bonds. The van der Waals surface area contributed by atoms with Gasteiger partial charge in [-0.2, -0.15) is 0 Å². The SMILES string of the molecule is COc1cc([N+](=O)[O-])c(S(=O)(=O)[O-])cc1[N+]#N. The number of diazo groups is 1. The molecule has 0 N–H and O–H groups in total. The van der Waals surface area contributed by atoms with Crippen molar-refractivity contribution in [1.82, 2.24) is 0 Å². The summed E-state index contributed by atoms with van der Waals surface area (Å²) in [6, 6.07) is 1.26. The van der Waals surface area contributed by atoms with E-state index >= 15 is 0 Å². The Labute approximate surface area is 95.2 Å². The van der Waals surface area contributed by atoms with Crippen LogP contribution in [0.15, 0.2) is 17.0 Å². The number of nitro benzene ring substituents is 1. The van der Waals surface area contributed by atoms with E-state index < -0.39 is 31.3 Å². The second-order valence-electron chi connectivity index (χ2n) is 2.80. The first kappa shape index (κ1) is 12.8. The molecule has 1 aromatic rings. The van der Waals surface area contributed by atoms with Crippen LogP contribution >= 0.6 is 0 Å². The van der Waals surface area contributed by atoms with E-state index in [0.29, 0.717) is 12.1 Å². The van der Waals surface area contributed by atoms with Gasteiger partial charge >= 0.3 is 5.69 Å². The Balaban J connectivity index is 3.71. The number of methoxy groups -OCH3 is 1. The van der Waals surface area contributed by atoms with Crippen LogP contribution < -0.4 is 4.74 Å². The van der Waals surface area contributed by atoms with Gasteiger partial charge in [0.05, 0.1) is 24.2 Å². The maximum absolute atomic E-state index is 10.8. The van der Waals surface area contributed by atoms with Crippen molar-refractivity contribution in [3.8, 4) is 5.75 Å².